The Bertz CT molecular complexity index is 756. The molecule has 1 heterocycles. The summed E-state index contributed by atoms with van der Waals surface area (Å²) in [5.41, 5.74) is 1.42. The summed E-state index contributed by atoms with van der Waals surface area (Å²) in [6.45, 7) is 3.08. The first-order valence-electron chi connectivity index (χ1n) is 6.15. The summed E-state index contributed by atoms with van der Waals surface area (Å²) < 4.78 is 32.0. The Labute approximate surface area is 127 Å². The molecule has 6 nitrogen and oxygen atoms in total. The highest BCUT2D eigenvalue weighted by Gasteiger charge is 2.20. The molecule has 0 spiro atoms. The summed E-state index contributed by atoms with van der Waals surface area (Å²) in [7, 11) is -3.76. The molecule has 0 aliphatic carbocycles. The fourth-order valence-corrected chi connectivity index (χ4v) is 3.51. The first-order valence-corrected chi connectivity index (χ1v) is 8.01. The summed E-state index contributed by atoms with van der Waals surface area (Å²) >= 11 is 5.90. The van der Waals surface area contributed by atoms with Crippen LogP contribution >= 0.6 is 11.6 Å². The average molecular weight is 331 g/mol. The molecule has 114 valence electrons. The van der Waals surface area contributed by atoms with Crippen LogP contribution < -0.4 is 4.72 Å². The number of hydrogen-bond donors (Lipinski definition) is 2. The monoisotopic (exact) mass is 330 g/mol. The number of aryl methyl sites for hydroxylation is 1. The SMILES string of the molecule is Cc1cc(CNS(=O)(=O)c2cc(Cl)cc(CO)c2C)no1. The number of benzene rings is 1. The van der Waals surface area contributed by atoms with Crippen LogP contribution in [-0.2, 0) is 23.2 Å². The molecule has 0 bridgehead atoms. The molecule has 0 unspecified atom stereocenters. The molecular formula is C13H15ClN2O4S. The van der Waals surface area contributed by atoms with E-state index in [0.717, 1.165) is 0 Å². The summed E-state index contributed by atoms with van der Waals surface area (Å²) in [6, 6.07) is 4.54. The van der Waals surface area contributed by atoms with E-state index in [1.165, 1.54) is 12.1 Å². The normalized spacial score (nSPS) is 11.8. The quantitative estimate of drug-likeness (QED) is 0.873. The lowest BCUT2D eigenvalue weighted by Gasteiger charge is -2.12. The second kappa shape index (κ2) is 6.15. The predicted octanol–water partition coefficient (Wildman–Crippen LogP) is 1.92. The molecule has 0 radical (unpaired) electrons. The lowest BCUT2D eigenvalue weighted by molar-refractivity contribution is 0.280. The van der Waals surface area contributed by atoms with E-state index in [0.29, 0.717) is 22.6 Å². The van der Waals surface area contributed by atoms with Gasteiger partial charge in [0, 0.05) is 11.1 Å². The third-order valence-corrected chi connectivity index (χ3v) is 4.76. The summed E-state index contributed by atoms with van der Waals surface area (Å²) in [5.74, 6) is 0.603. The minimum absolute atomic E-state index is 0.0140. The molecule has 21 heavy (non-hydrogen) atoms. The number of aliphatic hydroxyl groups is 1. The van der Waals surface area contributed by atoms with Gasteiger partial charge in [-0.3, -0.25) is 0 Å². The molecule has 0 amide bonds. The van der Waals surface area contributed by atoms with Crippen LogP contribution in [0.4, 0.5) is 0 Å². The van der Waals surface area contributed by atoms with Crippen molar-refractivity contribution in [3.63, 3.8) is 0 Å². The van der Waals surface area contributed by atoms with E-state index < -0.39 is 10.0 Å². The van der Waals surface area contributed by atoms with Crippen LogP contribution in [0.1, 0.15) is 22.6 Å². The molecule has 0 aliphatic rings. The van der Waals surface area contributed by atoms with E-state index >= 15 is 0 Å². The van der Waals surface area contributed by atoms with Gasteiger partial charge in [0.05, 0.1) is 23.7 Å². The number of nitrogens with one attached hydrogen (secondary N) is 1. The summed E-state index contributed by atoms with van der Waals surface area (Å²) in [6.07, 6.45) is 0. The van der Waals surface area contributed by atoms with E-state index in [1.54, 1.807) is 19.9 Å². The van der Waals surface area contributed by atoms with Gasteiger partial charge in [0.15, 0.2) is 0 Å². The number of hydrogen-bond acceptors (Lipinski definition) is 5. The zero-order valence-electron chi connectivity index (χ0n) is 11.6. The van der Waals surface area contributed by atoms with Crippen molar-refractivity contribution < 1.29 is 18.0 Å². The number of sulfonamides is 1. The highest BCUT2D eigenvalue weighted by atomic mass is 35.5. The minimum Gasteiger partial charge on any atom is -0.392 e. The molecule has 0 aliphatic heterocycles. The van der Waals surface area contributed by atoms with E-state index in [-0.39, 0.29) is 23.1 Å². The number of aromatic nitrogens is 1. The molecule has 2 rings (SSSR count). The van der Waals surface area contributed by atoms with Gasteiger partial charge in [0.2, 0.25) is 10.0 Å². The van der Waals surface area contributed by atoms with E-state index in [4.69, 9.17) is 16.1 Å². The zero-order chi connectivity index (χ0) is 15.6. The van der Waals surface area contributed by atoms with Gasteiger partial charge < -0.3 is 9.63 Å². The van der Waals surface area contributed by atoms with Crippen molar-refractivity contribution >= 4 is 21.6 Å². The second-order valence-corrected chi connectivity index (χ2v) is 6.77. The molecule has 0 atom stereocenters. The third kappa shape index (κ3) is 3.62. The standard InChI is InChI=1S/C13H15ClN2O4S/c1-8-3-12(16-20-8)6-15-21(18,19)13-5-11(14)4-10(7-17)9(13)2/h3-5,15,17H,6-7H2,1-2H3. The van der Waals surface area contributed by atoms with Crippen LogP contribution in [0.3, 0.4) is 0 Å². The minimum atomic E-state index is -3.76. The Hall–Kier alpha value is -1.41. The number of aliphatic hydroxyl groups excluding tert-OH is 1. The number of halogens is 1. The largest absolute Gasteiger partial charge is 0.392 e. The molecule has 0 saturated carbocycles. The van der Waals surface area contributed by atoms with Gasteiger partial charge in [-0.15, -0.1) is 0 Å². The fraction of sp³-hybridized carbons (Fsp3) is 0.308. The average Bonchev–Trinajstić information content (AvgIpc) is 2.84. The van der Waals surface area contributed by atoms with Crippen molar-refractivity contribution in [1.82, 2.24) is 9.88 Å². The van der Waals surface area contributed by atoms with Crippen LogP contribution in [-0.4, -0.2) is 18.7 Å². The fourth-order valence-electron chi connectivity index (χ4n) is 1.90. The molecule has 8 heteroatoms. The second-order valence-electron chi connectivity index (χ2n) is 4.60. The lowest BCUT2D eigenvalue weighted by atomic mass is 10.1. The van der Waals surface area contributed by atoms with E-state index in [2.05, 4.69) is 9.88 Å². The van der Waals surface area contributed by atoms with Crippen molar-refractivity contribution in [2.24, 2.45) is 0 Å². The van der Waals surface area contributed by atoms with Gasteiger partial charge in [-0.25, -0.2) is 13.1 Å². The van der Waals surface area contributed by atoms with E-state index in [9.17, 15) is 13.5 Å². The maximum absolute atomic E-state index is 12.3. The maximum atomic E-state index is 12.3. The molecule has 1 aromatic carbocycles. The Morgan fingerprint density at radius 1 is 1.33 bits per heavy atom. The smallest absolute Gasteiger partial charge is 0.241 e. The van der Waals surface area contributed by atoms with Crippen LogP contribution in [0, 0.1) is 13.8 Å². The summed E-state index contributed by atoms with van der Waals surface area (Å²) in [5, 5.41) is 13.2. The number of nitrogens with zero attached hydrogens (tertiary/aromatic N) is 1. The van der Waals surface area contributed by atoms with Crippen LogP contribution in [0.2, 0.25) is 5.02 Å². The summed E-state index contributed by atoms with van der Waals surface area (Å²) in [4.78, 5) is 0.0410. The molecule has 2 N–H and O–H groups in total. The number of rotatable bonds is 5. The predicted molar refractivity (Wildman–Crippen MR) is 77.4 cm³/mol. The maximum Gasteiger partial charge on any atom is 0.241 e. The van der Waals surface area contributed by atoms with Gasteiger partial charge in [-0.05, 0) is 37.1 Å². The topological polar surface area (TPSA) is 92.4 Å². The van der Waals surface area contributed by atoms with Gasteiger partial charge in [0.1, 0.15) is 5.76 Å². The highest BCUT2D eigenvalue weighted by Crippen LogP contribution is 2.24. The Morgan fingerprint density at radius 2 is 2.05 bits per heavy atom. The van der Waals surface area contributed by atoms with Gasteiger partial charge in [0.25, 0.3) is 0 Å². The molecule has 1 aromatic heterocycles. The molecular weight excluding hydrogens is 316 g/mol. The lowest BCUT2D eigenvalue weighted by Crippen LogP contribution is -2.24. The first kappa shape index (κ1) is 16.0. The van der Waals surface area contributed by atoms with Crippen molar-refractivity contribution in [3.05, 3.63) is 45.8 Å². The van der Waals surface area contributed by atoms with Gasteiger partial charge >= 0.3 is 0 Å². The van der Waals surface area contributed by atoms with Crippen molar-refractivity contribution in [2.45, 2.75) is 31.9 Å². The molecule has 0 saturated heterocycles. The van der Waals surface area contributed by atoms with Gasteiger partial charge in [-0.1, -0.05) is 16.8 Å². The van der Waals surface area contributed by atoms with E-state index in [1.807, 2.05) is 0 Å². The molecule has 0 fully saturated rings. The van der Waals surface area contributed by atoms with Crippen LogP contribution in [0.25, 0.3) is 0 Å². The Balaban J connectivity index is 2.29. The Kier molecular flexibility index (Phi) is 4.67. The van der Waals surface area contributed by atoms with Crippen molar-refractivity contribution in [3.8, 4) is 0 Å². The van der Waals surface area contributed by atoms with Gasteiger partial charge in [-0.2, -0.15) is 0 Å². The highest BCUT2D eigenvalue weighted by molar-refractivity contribution is 7.89. The third-order valence-electron chi connectivity index (χ3n) is 3.01. The van der Waals surface area contributed by atoms with Crippen LogP contribution in [0.5, 0.6) is 0 Å². The Morgan fingerprint density at radius 3 is 2.62 bits per heavy atom. The first-order chi connectivity index (χ1) is 9.83. The molecule has 2 aromatic rings. The zero-order valence-corrected chi connectivity index (χ0v) is 13.1. The van der Waals surface area contributed by atoms with Crippen molar-refractivity contribution in [2.75, 3.05) is 0 Å². The van der Waals surface area contributed by atoms with Crippen molar-refractivity contribution in [1.29, 1.82) is 0 Å². The van der Waals surface area contributed by atoms with Crippen LogP contribution in [0.15, 0.2) is 27.6 Å².